The van der Waals surface area contributed by atoms with E-state index in [1.54, 1.807) is 0 Å². The summed E-state index contributed by atoms with van der Waals surface area (Å²) in [5.74, 6) is 0.0680. The molecule has 0 saturated carbocycles. The molecule has 0 radical (unpaired) electrons. The minimum Gasteiger partial charge on any atom is -0.396 e. The van der Waals surface area contributed by atoms with Crippen LogP contribution in [-0.2, 0) is 6.42 Å². The van der Waals surface area contributed by atoms with Crippen LogP contribution >= 0.6 is 0 Å². The summed E-state index contributed by atoms with van der Waals surface area (Å²) >= 11 is 0. The SMILES string of the molecule is N#Cc1c(N)nc(N)nc1CCO. The van der Waals surface area contributed by atoms with Crippen molar-refractivity contribution in [1.82, 2.24) is 9.97 Å². The molecule has 0 fully saturated rings. The number of nitrogen functional groups attached to an aromatic ring is 2. The number of hydrogen-bond donors (Lipinski definition) is 3. The summed E-state index contributed by atoms with van der Waals surface area (Å²) in [5, 5.41) is 17.4. The second-order valence-electron chi connectivity index (χ2n) is 2.37. The first-order valence-corrected chi connectivity index (χ1v) is 3.62. The number of nitrogens with two attached hydrogens (primary N) is 2. The smallest absolute Gasteiger partial charge is 0.222 e. The molecule has 1 aromatic rings. The Bertz CT molecular complexity index is 357. The zero-order valence-electron chi connectivity index (χ0n) is 6.86. The van der Waals surface area contributed by atoms with Gasteiger partial charge in [0.1, 0.15) is 17.5 Å². The fourth-order valence-corrected chi connectivity index (χ4v) is 0.955. The van der Waals surface area contributed by atoms with Crippen LogP contribution in [0.2, 0.25) is 0 Å². The number of aliphatic hydroxyl groups is 1. The number of rotatable bonds is 2. The minimum absolute atomic E-state index is 0.0138. The molecule has 0 aliphatic rings. The van der Waals surface area contributed by atoms with Gasteiger partial charge in [0.2, 0.25) is 5.95 Å². The zero-order chi connectivity index (χ0) is 9.84. The van der Waals surface area contributed by atoms with Gasteiger partial charge in [0, 0.05) is 13.0 Å². The normalized spacial score (nSPS) is 9.54. The highest BCUT2D eigenvalue weighted by Crippen LogP contribution is 2.13. The summed E-state index contributed by atoms with van der Waals surface area (Å²) in [5.41, 5.74) is 11.3. The van der Waals surface area contributed by atoms with Crippen LogP contribution in [0.4, 0.5) is 11.8 Å². The number of nitrogens with zero attached hydrogens (tertiary/aromatic N) is 3. The van der Waals surface area contributed by atoms with Gasteiger partial charge in [-0.2, -0.15) is 10.2 Å². The highest BCUT2D eigenvalue weighted by molar-refractivity contribution is 5.53. The van der Waals surface area contributed by atoms with E-state index in [1.165, 1.54) is 0 Å². The highest BCUT2D eigenvalue weighted by atomic mass is 16.3. The number of aromatic nitrogens is 2. The third-order valence-electron chi connectivity index (χ3n) is 1.49. The number of hydrogen-bond acceptors (Lipinski definition) is 6. The first-order valence-electron chi connectivity index (χ1n) is 3.62. The molecule has 68 valence electrons. The Kier molecular flexibility index (Phi) is 2.62. The van der Waals surface area contributed by atoms with E-state index in [9.17, 15) is 0 Å². The Morgan fingerprint density at radius 3 is 2.62 bits per heavy atom. The van der Waals surface area contributed by atoms with Crippen molar-refractivity contribution in [3.05, 3.63) is 11.3 Å². The first-order chi connectivity index (χ1) is 6.19. The van der Waals surface area contributed by atoms with Crippen molar-refractivity contribution in [2.24, 2.45) is 0 Å². The van der Waals surface area contributed by atoms with Gasteiger partial charge in [-0.25, -0.2) is 4.98 Å². The lowest BCUT2D eigenvalue weighted by atomic mass is 10.2. The molecule has 0 atom stereocenters. The molecule has 0 amide bonds. The van der Waals surface area contributed by atoms with Crippen LogP contribution in [0.3, 0.4) is 0 Å². The van der Waals surface area contributed by atoms with Gasteiger partial charge >= 0.3 is 0 Å². The topological polar surface area (TPSA) is 122 Å². The van der Waals surface area contributed by atoms with E-state index in [1.807, 2.05) is 6.07 Å². The molecule has 0 aliphatic carbocycles. The minimum atomic E-state index is -0.107. The summed E-state index contributed by atoms with van der Waals surface area (Å²) in [7, 11) is 0. The van der Waals surface area contributed by atoms with Crippen molar-refractivity contribution >= 4 is 11.8 Å². The molecule has 6 nitrogen and oxygen atoms in total. The summed E-state index contributed by atoms with van der Waals surface area (Å²) in [4.78, 5) is 7.43. The standard InChI is InChI=1S/C7H9N5O/c8-3-4-5(1-2-13)11-7(10)12-6(4)9/h13H,1-2H2,(H4,9,10,11,12). The largest absolute Gasteiger partial charge is 0.396 e. The molecule has 0 spiro atoms. The summed E-state index contributed by atoms with van der Waals surface area (Å²) in [6.45, 7) is -0.107. The Hall–Kier alpha value is -1.87. The molecule has 0 bridgehead atoms. The van der Waals surface area contributed by atoms with Crippen molar-refractivity contribution < 1.29 is 5.11 Å². The van der Waals surface area contributed by atoms with Crippen LogP contribution in [0.15, 0.2) is 0 Å². The number of anilines is 2. The van der Waals surface area contributed by atoms with Gasteiger partial charge in [0.05, 0.1) is 5.69 Å². The lowest BCUT2D eigenvalue weighted by Crippen LogP contribution is -2.08. The summed E-state index contributed by atoms with van der Waals surface area (Å²) in [6.07, 6.45) is 0.250. The van der Waals surface area contributed by atoms with Crippen LogP contribution < -0.4 is 11.5 Å². The van der Waals surface area contributed by atoms with Gasteiger partial charge in [0.15, 0.2) is 0 Å². The van der Waals surface area contributed by atoms with Crippen molar-refractivity contribution in [2.75, 3.05) is 18.1 Å². The molecule has 13 heavy (non-hydrogen) atoms. The Balaban J connectivity index is 3.23. The van der Waals surface area contributed by atoms with Crippen LogP contribution in [-0.4, -0.2) is 21.7 Å². The maximum atomic E-state index is 8.68. The van der Waals surface area contributed by atoms with E-state index in [0.29, 0.717) is 5.69 Å². The van der Waals surface area contributed by atoms with Crippen LogP contribution in [0.5, 0.6) is 0 Å². The molecule has 5 N–H and O–H groups in total. The Labute approximate surface area is 74.8 Å². The average molecular weight is 179 g/mol. The molecule has 1 heterocycles. The van der Waals surface area contributed by atoms with Gasteiger partial charge in [0.25, 0.3) is 0 Å². The molecular formula is C7H9N5O. The predicted molar refractivity (Wildman–Crippen MR) is 46.4 cm³/mol. The van der Waals surface area contributed by atoms with E-state index >= 15 is 0 Å². The van der Waals surface area contributed by atoms with Crippen LogP contribution in [0.25, 0.3) is 0 Å². The molecule has 0 saturated heterocycles. The monoisotopic (exact) mass is 179 g/mol. The van der Waals surface area contributed by atoms with Crippen LogP contribution in [0.1, 0.15) is 11.3 Å². The molecule has 6 heteroatoms. The van der Waals surface area contributed by atoms with Crippen molar-refractivity contribution in [1.29, 1.82) is 5.26 Å². The van der Waals surface area contributed by atoms with E-state index in [2.05, 4.69) is 9.97 Å². The second kappa shape index (κ2) is 3.69. The molecule has 0 aliphatic heterocycles. The van der Waals surface area contributed by atoms with E-state index in [0.717, 1.165) is 0 Å². The maximum Gasteiger partial charge on any atom is 0.222 e. The van der Waals surface area contributed by atoms with E-state index in [4.69, 9.17) is 21.8 Å². The Morgan fingerprint density at radius 1 is 1.38 bits per heavy atom. The number of nitriles is 1. The first kappa shape index (κ1) is 9.22. The molecule has 1 aromatic heterocycles. The zero-order valence-corrected chi connectivity index (χ0v) is 6.86. The summed E-state index contributed by atoms with van der Waals surface area (Å²) < 4.78 is 0. The van der Waals surface area contributed by atoms with Gasteiger partial charge in [-0.05, 0) is 0 Å². The van der Waals surface area contributed by atoms with Gasteiger partial charge in [-0.3, -0.25) is 0 Å². The molecular weight excluding hydrogens is 170 g/mol. The third-order valence-corrected chi connectivity index (χ3v) is 1.49. The Morgan fingerprint density at radius 2 is 2.08 bits per heavy atom. The highest BCUT2D eigenvalue weighted by Gasteiger charge is 2.09. The predicted octanol–water partition coefficient (Wildman–Crippen LogP) is -0.953. The van der Waals surface area contributed by atoms with Crippen molar-refractivity contribution in [3.8, 4) is 6.07 Å². The molecule has 0 aromatic carbocycles. The molecule has 1 rings (SSSR count). The van der Waals surface area contributed by atoms with Crippen molar-refractivity contribution in [2.45, 2.75) is 6.42 Å². The quantitative estimate of drug-likeness (QED) is 0.537. The fourth-order valence-electron chi connectivity index (χ4n) is 0.955. The van der Waals surface area contributed by atoms with Crippen LogP contribution in [0, 0.1) is 11.3 Å². The van der Waals surface area contributed by atoms with Gasteiger partial charge in [-0.1, -0.05) is 0 Å². The number of aliphatic hydroxyl groups excluding tert-OH is 1. The summed E-state index contributed by atoms with van der Waals surface area (Å²) in [6, 6.07) is 1.86. The fraction of sp³-hybridized carbons (Fsp3) is 0.286. The third kappa shape index (κ3) is 1.83. The van der Waals surface area contributed by atoms with E-state index < -0.39 is 0 Å². The lowest BCUT2D eigenvalue weighted by Gasteiger charge is -2.03. The van der Waals surface area contributed by atoms with Gasteiger partial charge < -0.3 is 16.6 Å². The molecule has 0 unspecified atom stereocenters. The maximum absolute atomic E-state index is 8.68. The average Bonchev–Trinajstić information content (AvgIpc) is 2.04. The van der Waals surface area contributed by atoms with Crippen molar-refractivity contribution in [3.63, 3.8) is 0 Å². The van der Waals surface area contributed by atoms with E-state index in [-0.39, 0.29) is 30.4 Å². The lowest BCUT2D eigenvalue weighted by molar-refractivity contribution is 0.298. The van der Waals surface area contributed by atoms with Gasteiger partial charge in [-0.15, -0.1) is 0 Å². The second-order valence-corrected chi connectivity index (χ2v) is 2.37.